The van der Waals surface area contributed by atoms with E-state index in [1.54, 1.807) is 0 Å². The zero-order valence-electron chi connectivity index (χ0n) is 33.6. The van der Waals surface area contributed by atoms with Crippen LogP contribution in [0.15, 0.2) is 18.2 Å². The van der Waals surface area contributed by atoms with Crippen LogP contribution in [0.3, 0.4) is 0 Å². The van der Waals surface area contributed by atoms with Gasteiger partial charge in [0, 0.05) is 53.9 Å². The zero-order valence-corrected chi connectivity index (χ0v) is 33.6. The van der Waals surface area contributed by atoms with E-state index in [-0.39, 0.29) is 42.1 Å². The number of carbonyl (C=O) groups excluding carboxylic acids is 3. The molecule has 2 amide bonds. The Bertz CT molecular complexity index is 2100. The number of methoxy groups -OCH3 is 1. The van der Waals surface area contributed by atoms with Gasteiger partial charge in [0.2, 0.25) is 0 Å². The summed E-state index contributed by atoms with van der Waals surface area (Å²) >= 11 is 0. The van der Waals surface area contributed by atoms with Gasteiger partial charge in [-0.25, -0.2) is 9.97 Å². The van der Waals surface area contributed by atoms with Crippen LogP contribution in [0, 0.1) is 6.92 Å². The van der Waals surface area contributed by atoms with E-state index < -0.39 is 0 Å². The fourth-order valence-corrected chi connectivity index (χ4v) is 8.45. The summed E-state index contributed by atoms with van der Waals surface area (Å²) < 4.78 is 11.5. The van der Waals surface area contributed by atoms with Gasteiger partial charge in [-0.1, -0.05) is 53.4 Å². The Morgan fingerprint density at radius 2 is 1.57 bits per heavy atom. The summed E-state index contributed by atoms with van der Waals surface area (Å²) in [6.45, 7) is 17.8. The number of aromatic nitrogens is 4. The molecule has 0 fully saturated rings. The molecule has 8 bridgehead atoms. The number of rotatable bonds is 14. The van der Waals surface area contributed by atoms with E-state index in [1.165, 1.54) is 24.9 Å². The maximum absolute atomic E-state index is 14.6. The number of amides is 2. The largest absolute Gasteiger partial charge is 0.469 e. The summed E-state index contributed by atoms with van der Waals surface area (Å²) in [5.74, 6) is -1.26. The van der Waals surface area contributed by atoms with Gasteiger partial charge in [0.15, 0.2) is 0 Å². The van der Waals surface area contributed by atoms with Crippen LogP contribution >= 0.6 is 0 Å². The van der Waals surface area contributed by atoms with Gasteiger partial charge in [-0.3, -0.25) is 19.3 Å². The van der Waals surface area contributed by atoms with Gasteiger partial charge in [0.1, 0.15) is 0 Å². The number of carbonyl (C=O) groups is 3. The number of nitrogens with zero attached hydrogens (tertiary/aromatic N) is 3. The molecule has 6 rings (SSSR count). The maximum atomic E-state index is 14.6. The van der Waals surface area contributed by atoms with Crippen molar-refractivity contribution in [3.63, 3.8) is 0 Å². The number of fused-ring (bicyclic) bond motifs is 8. The van der Waals surface area contributed by atoms with Crippen LogP contribution < -0.4 is 0 Å². The van der Waals surface area contributed by atoms with Crippen molar-refractivity contribution in [2.75, 3.05) is 20.3 Å². The van der Waals surface area contributed by atoms with Crippen LogP contribution in [0.2, 0.25) is 0 Å². The first-order valence-corrected chi connectivity index (χ1v) is 20.0. The van der Waals surface area contributed by atoms with Crippen LogP contribution in [-0.4, -0.2) is 69.0 Å². The molecule has 3 atom stereocenters. The predicted octanol–water partition coefficient (Wildman–Crippen LogP) is 9.84. The average Bonchev–Trinajstić information content (AvgIpc) is 3.83. The summed E-state index contributed by atoms with van der Waals surface area (Å²) in [5, 5.41) is 0. The molecule has 10 heteroatoms. The fourth-order valence-electron chi connectivity index (χ4n) is 8.45. The van der Waals surface area contributed by atoms with Crippen molar-refractivity contribution in [3.8, 4) is 0 Å². The van der Waals surface area contributed by atoms with Gasteiger partial charge in [-0.05, 0) is 93.9 Å². The average molecular weight is 736 g/mol. The Balaban J connectivity index is 1.68. The molecule has 0 spiro atoms. The number of aryl methyl sites for hydroxylation is 1. The summed E-state index contributed by atoms with van der Waals surface area (Å²) in [6, 6.07) is 6.19. The third kappa shape index (κ3) is 7.17. The van der Waals surface area contributed by atoms with Crippen LogP contribution in [0.25, 0.3) is 33.3 Å². The number of allylic oxidation sites excluding steroid dienone is 3. The van der Waals surface area contributed by atoms with Crippen molar-refractivity contribution < 1.29 is 23.9 Å². The molecule has 6 heterocycles. The van der Waals surface area contributed by atoms with Gasteiger partial charge in [0.25, 0.3) is 11.8 Å². The van der Waals surface area contributed by atoms with Crippen LogP contribution in [0.4, 0.5) is 0 Å². The normalized spacial score (nSPS) is 18.1. The van der Waals surface area contributed by atoms with Crippen molar-refractivity contribution in [2.45, 2.75) is 131 Å². The SMILES string of the molecule is CCCCCCOC(C)C1=C(C)c2cc3[nH]c(c4c5[nH]c(cc6nc(cc1n2)C(C)=C6CC)c(C)c5C(=O)N(CCCC)C4=O)[C@@H](CCC(=O)OC)[C@@H]3C. The van der Waals surface area contributed by atoms with Gasteiger partial charge in [-0.2, -0.15) is 0 Å². The first-order valence-electron chi connectivity index (χ1n) is 20.0. The minimum atomic E-state index is -0.334. The number of aromatic amines is 2. The topological polar surface area (TPSA) is 130 Å². The molecule has 288 valence electrons. The fraction of sp³-hybridized carbons (Fsp3) is 0.523. The Labute approximate surface area is 319 Å². The molecular formula is C44H57N5O5. The minimum absolute atomic E-state index is 0.0969. The summed E-state index contributed by atoms with van der Waals surface area (Å²) in [4.78, 5) is 60.4. The van der Waals surface area contributed by atoms with Crippen molar-refractivity contribution in [3.05, 3.63) is 69.1 Å². The molecule has 0 radical (unpaired) electrons. The summed E-state index contributed by atoms with van der Waals surface area (Å²) in [7, 11) is 1.39. The van der Waals surface area contributed by atoms with Crippen LogP contribution in [0.5, 0.6) is 0 Å². The van der Waals surface area contributed by atoms with Gasteiger partial charge < -0.3 is 19.4 Å². The molecule has 4 aliphatic rings. The lowest BCUT2D eigenvalue weighted by Crippen LogP contribution is -2.41. The molecule has 0 saturated heterocycles. The number of nitrogens with one attached hydrogen (secondary N) is 2. The molecule has 1 unspecified atom stereocenters. The lowest BCUT2D eigenvalue weighted by molar-refractivity contribution is -0.140. The van der Waals surface area contributed by atoms with E-state index in [9.17, 15) is 14.4 Å². The number of hydrogen-bond acceptors (Lipinski definition) is 7. The molecule has 0 saturated carbocycles. The number of hydrogen-bond donors (Lipinski definition) is 2. The highest BCUT2D eigenvalue weighted by atomic mass is 16.5. The second-order valence-electron chi connectivity index (χ2n) is 15.2. The number of unbranched alkanes of at least 4 members (excludes halogenated alkanes) is 4. The standard InChI is InChI=1S/C44H57N5O5/c1-10-13-15-16-20-54-28(8)38-26(6)33-21-32-25(5)30(17-18-37(50)53-9)41(47-32)40-42-39(43(51)49(44(40)52)19-14-11-2)27(7)34(48-42)22-35-29(12-3)24(4)31(45-35)23-36(38)46-33/h21-23,25,28,30,47-48H,10-20H2,1-9H3/t25-,28?,30-/m0/s1. The third-order valence-electron chi connectivity index (χ3n) is 11.8. The molecule has 10 nitrogen and oxygen atoms in total. The number of ether oxygens (including phenoxy) is 2. The van der Waals surface area contributed by atoms with E-state index >= 15 is 0 Å². The van der Waals surface area contributed by atoms with E-state index in [2.05, 4.69) is 63.6 Å². The van der Waals surface area contributed by atoms with Gasteiger partial charge >= 0.3 is 5.97 Å². The molecule has 0 aliphatic carbocycles. The minimum Gasteiger partial charge on any atom is -0.469 e. The molecule has 0 aromatic carbocycles. The maximum Gasteiger partial charge on any atom is 0.305 e. The van der Waals surface area contributed by atoms with Crippen molar-refractivity contribution in [1.82, 2.24) is 24.8 Å². The smallest absolute Gasteiger partial charge is 0.305 e. The third-order valence-corrected chi connectivity index (χ3v) is 11.8. The van der Waals surface area contributed by atoms with Crippen molar-refractivity contribution in [2.24, 2.45) is 0 Å². The molecule has 2 N–H and O–H groups in total. The molecule has 54 heavy (non-hydrogen) atoms. The van der Waals surface area contributed by atoms with Crippen molar-refractivity contribution in [1.29, 1.82) is 0 Å². The first-order chi connectivity index (χ1) is 25.9. The number of esters is 1. The second-order valence-corrected chi connectivity index (χ2v) is 15.2. The Morgan fingerprint density at radius 3 is 2.28 bits per heavy atom. The Hall–Kier alpha value is -4.57. The number of H-pyrrole nitrogens is 2. The highest BCUT2D eigenvalue weighted by Crippen LogP contribution is 2.45. The Kier molecular flexibility index (Phi) is 11.9. The number of imide groups is 1. The highest BCUT2D eigenvalue weighted by Gasteiger charge is 2.40. The van der Waals surface area contributed by atoms with Crippen molar-refractivity contribution >= 4 is 51.1 Å². The predicted molar refractivity (Wildman–Crippen MR) is 215 cm³/mol. The second kappa shape index (κ2) is 16.4. The van der Waals surface area contributed by atoms with Crippen LogP contribution in [0.1, 0.15) is 179 Å². The van der Waals surface area contributed by atoms with Gasteiger partial charge in [0.05, 0.1) is 52.6 Å². The molecular weight excluding hydrogens is 679 g/mol. The quantitative estimate of drug-likeness (QED) is 0.112. The molecule has 2 aromatic rings. The zero-order chi connectivity index (χ0) is 38.8. The van der Waals surface area contributed by atoms with E-state index in [4.69, 9.17) is 19.4 Å². The van der Waals surface area contributed by atoms with Crippen LogP contribution in [-0.2, 0) is 14.3 Å². The lowest BCUT2D eigenvalue weighted by atomic mass is 9.84. The van der Waals surface area contributed by atoms with E-state index in [0.29, 0.717) is 48.3 Å². The lowest BCUT2D eigenvalue weighted by Gasteiger charge is -2.27. The van der Waals surface area contributed by atoms with E-state index in [0.717, 1.165) is 87.5 Å². The highest BCUT2D eigenvalue weighted by molar-refractivity contribution is 6.23. The summed E-state index contributed by atoms with van der Waals surface area (Å²) in [5.41, 5.74) is 12.2. The molecule has 2 aromatic heterocycles. The Morgan fingerprint density at radius 1 is 0.870 bits per heavy atom. The van der Waals surface area contributed by atoms with Gasteiger partial charge in [-0.15, -0.1) is 0 Å². The monoisotopic (exact) mass is 735 g/mol. The van der Waals surface area contributed by atoms with E-state index in [1.807, 2.05) is 19.9 Å². The summed E-state index contributed by atoms with van der Waals surface area (Å²) in [6.07, 6.45) is 7.29. The molecule has 4 aliphatic heterocycles. The first kappa shape index (κ1) is 39.1.